The summed E-state index contributed by atoms with van der Waals surface area (Å²) >= 11 is 3.69. The first-order valence-corrected chi connectivity index (χ1v) is 24.6. The summed E-state index contributed by atoms with van der Waals surface area (Å²) in [4.78, 5) is 9.84. The topological polar surface area (TPSA) is 6.48 Å². The molecule has 0 aliphatic rings. The predicted molar refractivity (Wildman–Crippen MR) is 294 cm³/mol. The highest BCUT2D eigenvalue weighted by atomic mass is 32.1. The van der Waals surface area contributed by atoms with Crippen molar-refractivity contribution in [2.75, 3.05) is 9.80 Å². The van der Waals surface area contributed by atoms with Gasteiger partial charge >= 0.3 is 0 Å². The van der Waals surface area contributed by atoms with Crippen LogP contribution in [0.25, 0.3) is 74.4 Å². The Morgan fingerprint density at radius 2 is 0.515 bits per heavy atom. The minimum Gasteiger partial charge on any atom is -0.310 e. The number of thiophene rings is 2. The molecule has 0 unspecified atom stereocenters. The summed E-state index contributed by atoms with van der Waals surface area (Å²) < 4.78 is 0. The second-order valence-electron chi connectivity index (χ2n) is 16.9. The monoisotopic (exact) mass is 904 g/mol. The average Bonchev–Trinajstić information content (AvgIpc) is 4.13. The van der Waals surface area contributed by atoms with E-state index in [1.54, 1.807) is 0 Å². The van der Waals surface area contributed by atoms with E-state index in [0.29, 0.717) is 0 Å². The number of rotatable bonds is 11. The molecule has 12 aromatic rings. The van der Waals surface area contributed by atoms with Crippen molar-refractivity contribution in [1.82, 2.24) is 0 Å². The molecule has 2 nitrogen and oxygen atoms in total. The van der Waals surface area contributed by atoms with Crippen LogP contribution in [0.15, 0.2) is 267 Å². The number of para-hydroxylation sites is 2. The fourth-order valence-electron chi connectivity index (χ4n) is 9.48. The van der Waals surface area contributed by atoms with E-state index in [0.717, 1.165) is 45.3 Å². The lowest BCUT2D eigenvalue weighted by molar-refractivity contribution is 1.29. The number of anilines is 6. The van der Waals surface area contributed by atoms with Crippen molar-refractivity contribution in [1.29, 1.82) is 0 Å². The molecule has 0 bridgehead atoms. The van der Waals surface area contributed by atoms with Crippen LogP contribution in [-0.2, 0) is 0 Å². The molecule has 0 radical (unpaired) electrons. The summed E-state index contributed by atoms with van der Waals surface area (Å²) in [5.41, 5.74) is 14.0. The van der Waals surface area contributed by atoms with Crippen molar-refractivity contribution in [3.63, 3.8) is 0 Å². The van der Waals surface area contributed by atoms with Gasteiger partial charge in [0, 0.05) is 53.0 Å². The van der Waals surface area contributed by atoms with Crippen LogP contribution in [0.1, 0.15) is 0 Å². The zero-order chi connectivity index (χ0) is 45.2. The van der Waals surface area contributed by atoms with Crippen molar-refractivity contribution in [2.45, 2.75) is 0 Å². The standard InChI is InChI=1S/C64H44N2S2/c1-5-17-47(18-6-1)61-41-43-63(67-61)57-37-39-59(55-27-15-13-25-53(55)57)65(49-21-9-3-10-22-49)51-33-29-45(30-34-51)46-31-35-52(36-32-46)66(50-23-11-4-12-24-50)60-40-38-58(54-26-14-16-28-56(54)60)64-44-42-62(68-64)48-19-7-2-8-20-48/h1-44H. The third-order valence-corrected chi connectivity index (χ3v) is 15.1. The molecule has 0 atom stereocenters. The Bertz CT molecular complexity index is 3410. The molecule has 0 N–H and O–H groups in total. The maximum atomic E-state index is 2.39. The second-order valence-corrected chi connectivity index (χ2v) is 19.0. The molecule has 12 rings (SSSR count). The van der Waals surface area contributed by atoms with Gasteiger partial charge in [-0.05, 0) is 129 Å². The van der Waals surface area contributed by atoms with Gasteiger partial charge in [-0.15, -0.1) is 22.7 Å². The highest BCUT2D eigenvalue weighted by molar-refractivity contribution is 7.19. The van der Waals surface area contributed by atoms with Crippen molar-refractivity contribution in [3.8, 4) is 52.9 Å². The number of hydrogen-bond acceptors (Lipinski definition) is 4. The molecule has 0 aliphatic carbocycles. The maximum absolute atomic E-state index is 2.39. The molecule has 2 aromatic heterocycles. The van der Waals surface area contributed by atoms with E-state index in [4.69, 9.17) is 0 Å². The minimum atomic E-state index is 1.10. The summed E-state index contributed by atoms with van der Waals surface area (Å²) in [6.45, 7) is 0. The molecule has 2 heterocycles. The van der Waals surface area contributed by atoms with E-state index < -0.39 is 0 Å². The third kappa shape index (κ3) is 7.86. The van der Waals surface area contributed by atoms with Gasteiger partial charge in [-0.1, -0.05) is 182 Å². The highest BCUT2D eigenvalue weighted by Gasteiger charge is 2.20. The van der Waals surface area contributed by atoms with Gasteiger partial charge in [-0.3, -0.25) is 0 Å². The van der Waals surface area contributed by atoms with Crippen LogP contribution in [0.2, 0.25) is 0 Å². The van der Waals surface area contributed by atoms with E-state index in [2.05, 4.69) is 277 Å². The molecule has 0 aliphatic heterocycles. The Hall–Kier alpha value is -8.28. The Morgan fingerprint density at radius 3 is 0.897 bits per heavy atom. The van der Waals surface area contributed by atoms with Crippen molar-refractivity contribution in [3.05, 3.63) is 267 Å². The molecule has 322 valence electrons. The molecule has 68 heavy (non-hydrogen) atoms. The van der Waals surface area contributed by atoms with Gasteiger partial charge in [-0.2, -0.15) is 0 Å². The van der Waals surface area contributed by atoms with Crippen molar-refractivity contribution in [2.24, 2.45) is 0 Å². The van der Waals surface area contributed by atoms with Crippen LogP contribution in [0.5, 0.6) is 0 Å². The largest absolute Gasteiger partial charge is 0.310 e. The second kappa shape index (κ2) is 18.2. The van der Waals surface area contributed by atoms with Crippen LogP contribution in [-0.4, -0.2) is 0 Å². The van der Waals surface area contributed by atoms with E-state index in [-0.39, 0.29) is 0 Å². The van der Waals surface area contributed by atoms with E-state index in [1.807, 2.05) is 22.7 Å². The van der Waals surface area contributed by atoms with Gasteiger partial charge < -0.3 is 9.80 Å². The smallest absolute Gasteiger partial charge is 0.0540 e. The zero-order valence-corrected chi connectivity index (χ0v) is 38.7. The number of benzene rings is 10. The van der Waals surface area contributed by atoms with Gasteiger partial charge in [0.15, 0.2) is 0 Å². The number of fused-ring (bicyclic) bond motifs is 2. The van der Waals surface area contributed by atoms with E-state index >= 15 is 0 Å². The van der Waals surface area contributed by atoms with Crippen molar-refractivity contribution >= 4 is 78.3 Å². The van der Waals surface area contributed by atoms with E-state index in [9.17, 15) is 0 Å². The lowest BCUT2D eigenvalue weighted by atomic mass is 9.99. The lowest BCUT2D eigenvalue weighted by Crippen LogP contribution is -2.10. The summed E-state index contributed by atoms with van der Waals surface area (Å²) in [5, 5.41) is 4.88. The molecule has 10 aromatic carbocycles. The predicted octanol–water partition coefficient (Wildman–Crippen LogP) is 19.4. The molecular weight excluding hydrogens is 861 g/mol. The average molecular weight is 905 g/mol. The van der Waals surface area contributed by atoms with Gasteiger partial charge in [0.05, 0.1) is 11.4 Å². The zero-order valence-electron chi connectivity index (χ0n) is 37.1. The van der Waals surface area contributed by atoms with Gasteiger partial charge in [-0.25, -0.2) is 0 Å². The molecule has 0 amide bonds. The first kappa shape index (κ1) is 41.2. The van der Waals surface area contributed by atoms with Crippen LogP contribution in [0, 0.1) is 0 Å². The summed E-state index contributed by atoms with van der Waals surface area (Å²) in [6.07, 6.45) is 0. The highest BCUT2D eigenvalue weighted by Crippen LogP contribution is 2.47. The molecule has 0 saturated heterocycles. The van der Waals surface area contributed by atoms with Crippen LogP contribution < -0.4 is 9.80 Å². The molecule has 0 spiro atoms. The Labute approximate surface area is 405 Å². The Kier molecular flexibility index (Phi) is 11.0. The van der Waals surface area contributed by atoms with E-state index in [1.165, 1.54) is 63.3 Å². The number of hydrogen-bond donors (Lipinski definition) is 0. The van der Waals surface area contributed by atoms with Gasteiger partial charge in [0.25, 0.3) is 0 Å². The Balaban J connectivity index is 0.878. The van der Waals surface area contributed by atoms with Gasteiger partial charge in [0.2, 0.25) is 0 Å². The minimum absolute atomic E-state index is 1.10. The summed E-state index contributed by atoms with van der Waals surface area (Å²) in [6, 6.07) is 96.6. The fraction of sp³-hybridized carbons (Fsp3) is 0. The van der Waals surface area contributed by atoms with Crippen LogP contribution >= 0.6 is 22.7 Å². The quantitative estimate of drug-likeness (QED) is 0.128. The molecule has 0 fully saturated rings. The summed E-state index contributed by atoms with van der Waals surface area (Å²) in [7, 11) is 0. The Morgan fingerprint density at radius 1 is 0.206 bits per heavy atom. The SMILES string of the molecule is c1ccc(-c2ccc(-c3ccc(N(c4ccccc4)c4ccc(-c5ccc(N(c6ccccc6)c6ccc(-c7ccc(-c8ccccc8)s7)c7ccccc67)cc5)cc4)c4ccccc34)s2)cc1. The number of nitrogens with zero attached hydrogens (tertiary/aromatic N) is 2. The fourth-order valence-corrected chi connectivity index (χ4v) is 11.6. The first-order valence-electron chi connectivity index (χ1n) is 23.0. The van der Waals surface area contributed by atoms with Crippen LogP contribution in [0.4, 0.5) is 34.1 Å². The maximum Gasteiger partial charge on any atom is 0.0540 e. The summed E-state index contributed by atoms with van der Waals surface area (Å²) in [5.74, 6) is 0. The van der Waals surface area contributed by atoms with Crippen LogP contribution in [0.3, 0.4) is 0 Å². The third-order valence-electron chi connectivity index (χ3n) is 12.8. The molecular formula is C64H44N2S2. The molecule has 4 heteroatoms. The lowest BCUT2D eigenvalue weighted by Gasteiger charge is -2.28. The first-order chi connectivity index (χ1) is 33.7. The molecule has 0 saturated carbocycles. The normalized spacial score (nSPS) is 11.2. The van der Waals surface area contributed by atoms with Crippen molar-refractivity contribution < 1.29 is 0 Å². The van der Waals surface area contributed by atoms with Gasteiger partial charge in [0.1, 0.15) is 0 Å².